The third kappa shape index (κ3) is 2.94. The monoisotopic (exact) mass is 357 g/mol. The Bertz CT molecular complexity index is 668. The van der Waals surface area contributed by atoms with E-state index in [-0.39, 0.29) is 15.1 Å². The predicted octanol–water partition coefficient (Wildman–Crippen LogP) is 3.81. The third-order valence-electron chi connectivity index (χ3n) is 2.66. The Labute approximate surface area is 128 Å². The molecule has 0 saturated carbocycles. The van der Waals surface area contributed by atoms with Gasteiger partial charge in [0.2, 0.25) is 0 Å². The number of hydrogen-bond donors (Lipinski definition) is 2. The molecule has 0 bridgehead atoms. The van der Waals surface area contributed by atoms with Gasteiger partial charge in [0.05, 0.1) is 11.3 Å². The van der Waals surface area contributed by atoms with Crippen molar-refractivity contribution in [2.75, 3.05) is 5.32 Å². The summed E-state index contributed by atoms with van der Waals surface area (Å²) in [7, 11) is 0. The summed E-state index contributed by atoms with van der Waals surface area (Å²) in [6.07, 6.45) is 1.55. The van der Waals surface area contributed by atoms with Gasteiger partial charge in [-0.25, -0.2) is 13.8 Å². The molecule has 3 N–H and O–H groups in total. The average molecular weight is 358 g/mol. The first-order valence-electron chi connectivity index (χ1n) is 5.57. The largest absolute Gasteiger partial charge is 0.389 e. The smallest absolute Gasteiger partial charge is 0.150 e. The number of hydrogen-bond acceptors (Lipinski definition) is 3. The zero-order valence-electron chi connectivity index (χ0n) is 10.4. The van der Waals surface area contributed by atoms with Crippen molar-refractivity contribution in [1.29, 1.82) is 0 Å². The number of aromatic nitrogens is 1. The van der Waals surface area contributed by atoms with Crippen LogP contribution in [0.1, 0.15) is 11.1 Å². The Morgan fingerprint density at radius 3 is 2.70 bits per heavy atom. The third-order valence-corrected chi connectivity index (χ3v) is 3.49. The Morgan fingerprint density at radius 2 is 2.10 bits per heavy atom. The normalized spacial score (nSPS) is 10.4. The standard InChI is InChI=1S/C13H10BrF2N3S/c1-6-2-3-18-13(10(6)12(17)20)19-11-8(14)4-7(15)5-9(11)16/h2-5H,1H3,(H2,17,20)(H,18,19). The molecule has 1 heterocycles. The molecule has 0 unspecified atom stereocenters. The Balaban J connectivity index is 2.51. The van der Waals surface area contributed by atoms with Gasteiger partial charge in [0.15, 0.2) is 5.82 Å². The number of nitrogens with zero attached hydrogens (tertiary/aromatic N) is 1. The van der Waals surface area contributed by atoms with E-state index in [0.717, 1.165) is 17.7 Å². The van der Waals surface area contributed by atoms with Gasteiger partial charge in [-0.3, -0.25) is 0 Å². The van der Waals surface area contributed by atoms with Crippen molar-refractivity contribution in [2.24, 2.45) is 5.73 Å². The summed E-state index contributed by atoms with van der Waals surface area (Å²) in [6.45, 7) is 1.82. The first-order chi connectivity index (χ1) is 9.40. The van der Waals surface area contributed by atoms with Crippen LogP contribution >= 0.6 is 28.1 Å². The summed E-state index contributed by atoms with van der Waals surface area (Å²) < 4.78 is 27.1. The molecule has 2 rings (SSSR count). The molecule has 0 fully saturated rings. The molecule has 0 aliphatic carbocycles. The summed E-state index contributed by atoms with van der Waals surface area (Å²) in [5, 5.41) is 2.79. The minimum absolute atomic E-state index is 0.0713. The van der Waals surface area contributed by atoms with Crippen LogP contribution in [0.25, 0.3) is 0 Å². The quantitative estimate of drug-likeness (QED) is 0.820. The number of rotatable bonds is 3. The van der Waals surface area contributed by atoms with E-state index in [9.17, 15) is 8.78 Å². The molecule has 1 aromatic heterocycles. The van der Waals surface area contributed by atoms with E-state index >= 15 is 0 Å². The van der Waals surface area contributed by atoms with Crippen molar-refractivity contribution in [2.45, 2.75) is 6.92 Å². The van der Waals surface area contributed by atoms with Crippen molar-refractivity contribution in [3.05, 3.63) is 51.6 Å². The Kier molecular flexibility index (Phi) is 4.29. The summed E-state index contributed by atoms with van der Waals surface area (Å²) >= 11 is 8.07. The van der Waals surface area contributed by atoms with Crippen LogP contribution < -0.4 is 11.1 Å². The molecule has 1 aromatic carbocycles. The van der Waals surface area contributed by atoms with E-state index in [1.54, 1.807) is 12.3 Å². The number of aryl methyl sites for hydroxylation is 1. The van der Waals surface area contributed by atoms with Crippen LogP contribution in [-0.4, -0.2) is 9.97 Å². The second kappa shape index (κ2) is 5.80. The fourth-order valence-corrected chi connectivity index (χ4v) is 2.51. The maximum absolute atomic E-state index is 13.8. The molecule has 7 heteroatoms. The van der Waals surface area contributed by atoms with Gasteiger partial charge < -0.3 is 11.1 Å². The molecule has 2 aromatic rings. The van der Waals surface area contributed by atoms with Crippen LogP contribution in [0.3, 0.4) is 0 Å². The second-order valence-corrected chi connectivity index (χ2v) is 5.38. The molecular weight excluding hydrogens is 348 g/mol. The Hall–Kier alpha value is -1.60. The Morgan fingerprint density at radius 1 is 1.40 bits per heavy atom. The summed E-state index contributed by atoms with van der Waals surface area (Å²) in [5.41, 5.74) is 7.07. The molecular formula is C13H10BrF2N3S. The molecule has 0 spiro atoms. The maximum Gasteiger partial charge on any atom is 0.150 e. The van der Waals surface area contributed by atoms with Crippen LogP contribution in [0.4, 0.5) is 20.3 Å². The number of thiocarbonyl (C=S) groups is 1. The lowest BCUT2D eigenvalue weighted by molar-refractivity contribution is 0.584. The lowest BCUT2D eigenvalue weighted by atomic mass is 10.1. The molecule has 20 heavy (non-hydrogen) atoms. The molecule has 0 atom stereocenters. The minimum Gasteiger partial charge on any atom is -0.389 e. The highest BCUT2D eigenvalue weighted by Gasteiger charge is 2.15. The number of nitrogens with one attached hydrogen (secondary N) is 1. The van der Waals surface area contributed by atoms with Crippen molar-refractivity contribution in [1.82, 2.24) is 4.98 Å². The highest BCUT2D eigenvalue weighted by Crippen LogP contribution is 2.30. The van der Waals surface area contributed by atoms with Gasteiger partial charge in [-0.2, -0.15) is 0 Å². The van der Waals surface area contributed by atoms with Crippen LogP contribution in [0, 0.1) is 18.6 Å². The minimum atomic E-state index is -0.742. The fraction of sp³-hybridized carbons (Fsp3) is 0.0769. The molecule has 0 aliphatic rings. The van der Waals surface area contributed by atoms with Gasteiger partial charge in [-0.1, -0.05) is 12.2 Å². The van der Waals surface area contributed by atoms with E-state index in [1.807, 2.05) is 6.92 Å². The van der Waals surface area contributed by atoms with Crippen LogP contribution in [-0.2, 0) is 0 Å². The summed E-state index contributed by atoms with van der Waals surface area (Å²) in [5.74, 6) is -1.09. The summed E-state index contributed by atoms with van der Waals surface area (Å²) in [4.78, 5) is 4.25. The predicted molar refractivity (Wildman–Crippen MR) is 82.2 cm³/mol. The highest BCUT2D eigenvalue weighted by atomic mass is 79.9. The zero-order valence-corrected chi connectivity index (χ0v) is 12.8. The zero-order chi connectivity index (χ0) is 14.9. The van der Waals surface area contributed by atoms with Gasteiger partial charge in [0.25, 0.3) is 0 Å². The maximum atomic E-state index is 13.8. The van der Waals surface area contributed by atoms with Crippen LogP contribution in [0.5, 0.6) is 0 Å². The van der Waals surface area contributed by atoms with E-state index in [1.165, 1.54) is 0 Å². The first-order valence-corrected chi connectivity index (χ1v) is 6.77. The topological polar surface area (TPSA) is 50.9 Å². The second-order valence-electron chi connectivity index (χ2n) is 4.09. The average Bonchev–Trinajstić information content (AvgIpc) is 2.33. The van der Waals surface area contributed by atoms with Crippen molar-refractivity contribution in [3.8, 4) is 0 Å². The number of anilines is 2. The lowest BCUT2D eigenvalue weighted by Crippen LogP contribution is -2.15. The summed E-state index contributed by atoms with van der Waals surface area (Å²) in [6, 6.07) is 3.68. The van der Waals surface area contributed by atoms with Crippen molar-refractivity contribution in [3.63, 3.8) is 0 Å². The number of pyridine rings is 1. The van der Waals surface area contributed by atoms with Crippen molar-refractivity contribution < 1.29 is 8.78 Å². The van der Waals surface area contributed by atoms with E-state index in [2.05, 4.69) is 26.2 Å². The molecule has 104 valence electrons. The fourth-order valence-electron chi connectivity index (χ4n) is 1.74. The highest BCUT2D eigenvalue weighted by molar-refractivity contribution is 9.10. The van der Waals surface area contributed by atoms with Crippen LogP contribution in [0.15, 0.2) is 28.9 Å². The molecule has 0 amide bonds. The van der Waals surface area contributed by atoms with E-state index in [4.69, 9.17) is 18.0 Å². The SMILES string of the molecule is Cc1ccnc(Nc2c(F)cc(F)cc2Br)c1C(N)=S. The molecule has 3 nitrogen and oxygen atoms in total. The van der Waals surface area contributed by atoms with Crippen LogP contribution in [0.2, 0.25) is 0 Å². The van der Waals surface area contributed by atoms with E-state index < -0.39 is 11.6 Å². The molecule has 0 radical (unpaired) electrons. The van der Waals surface area contributed by atoms with Gasteiger partial charge in [0, 0.05) is 16.7 Å². The number of nitrogens with two attached hydrogens (primary N) is 1. The molecule has 0 aliphatic heterocycles. The molecule has 0 saturated heterocycles. The van der Waals surface area contributed by atoms with Gasteiger partial charge in [-0.15, -0.1) is 0 Å². The van der Waals surface area contributed by atoms with Gasteiger partial charge >= 0.3 is 0 Å². The van der Waals surface area contributed by atoms with Crippen molar-refractivity contribution >= 4 is 44.6 Å². The van der Waals surface area contributed by atoms with Gasteiger partial charge in [0.1, 0.15) is 16.6 Å². The van der Waals surface area contributed by atoms with E-state index in [0.29, 0.717) is 11.4 Å². The van der Waals surface area contributed by atoms with Gasteiger partial charge in [-0.05, 0) is 40.5 Å². The number of benzene rings is 1. The first kappa shape index (κ1) is 14.8. The number of halogens is 3. The lowest BCUT2D eigenvalue weighted by Gasteiger charge is -2.14.